The fourth-order valence-electron chi connectivity index (χ4n) is 2.51. The minimum Gasteiger partial charge on any atom is -0.497 e. The molecule has 0 aliphatic carbocycles. The predicted octanol–water partition coefficient (Wildman–Crippen LogP) is 2.51. The van der Waals surface area contributed by atoms with Gasteiger partial charge in [-0.25, -0.2) is 0 Å². The molecule has 0 spiro atoms. The molecule has 90 valence electrons. The van der Waals surface area contributed by atoms with E-state index in [2.05, 4.69) is 18.7 Å². The van der Waals surface area contributed by atoms with E-state index in [0.29, 0.717) is 0 Å². The van der Waals surface area contributed by atoms with E-state index in [0.717, 1.165) is 23.4 Å². The molecule has 0 bridgehead atoms. The van der Waals surface area contributed by atoms with Crippen LogP contribution >= 0.6 is 0 Å². The number of anilines is 1. The van der Waals surface area contributed by atoms with Crippen molar-refractivity contribution < 1.29 is 9.53 Å². The summed E-state index contributed by atoms with van der Waals surface area (Å²) in [5.41, 5.74) is 3.16. The first kappa shape index (κ1) is 11.7. The van der Waals surface area contributed by atoms with Gasteiger partial charge in [0.1, 0.15) is 12.0 Å². The van der Waals surface area contributed by atoms with E-state index in [1.54, 1.807) is 13.2 Å². The van der Waals surface area contributed by atoms with Crippen LogP contribution in [-0.2, 0) is 10.2 Å². The van der Waals surface area contributed by atoms with Gasteiger partial charge in [0.15, 0.2) is 0 Å². The lowest BCUT2D eigenvalue weighted by molar-refractivity contribution is -0.104. The van der Waals surface area contributed by atoms with Crippen LogP contribution in [0, 0.1) is 0 Å². The molecule has 0 N–H and O–H groups in total. The van der Waals surface area contributed by atoms with E-state index in [1.807, 2.05) is 25.2 Å². The molecular weight excluding hydrogens is 214 g/mol. The summed E-state index contributed by atoms with van der Waals surface area (Å²) in [6.07, 6.45) is 2.48. The van der Waals surface area contributed by atoms with E-state index < -0.39 is 0 Å². The Morgan fingerprint density at radius 1 is 1.35 bits per heavy atom. The Labute approximate surface area is 102 Å². The van der Waals surface area contributed by atoms with Crippen molar-refractivity contribution >= 4 is 12.0 Å². The van der Waals surface area contributed by atoms with Gasteiger partial charge in [0.05, 0.1) is 7.11 Å². The molecule has 2 rings (SSSR count). The molecule has 0 aromatic heterocycles. The van der Waals surface area contributed by atoms with E-state index in [1.165, 1.54) is 5.56 Å². The average Bonchev–Trinajstić information content (AvgIpc) is 2.51. The third kappa shape index (κ3) is 1.62. The van der Waals surface area contributed by atoms with Crippen molar-refractivity contribution in [3.05, 3.63) is 35.5 Å². The highest BCUT2D eigenvalue weighted by Gasteiger charge is 2.38. The monoisotopic (exact) mass is 231 g/mol. The summed E-state index contributed by atoms with van der Waals surface area (Å²) in [6, 6.07) is 6.01. The Kier molecular flexibility index (Phi) is 2.69. The highest BCUT2D eigenvalue weighted by atomic mass is 16.5. The van der Waals surface area contributed by atoms with Crippen LogP contribution in [-0.4, -0.2) is 20.4 Å². The summed E-state index contributed by atoms with van der Waals surface area (Å²) in [5, 5.41) is 0. The third-order valence-corrected chi connectivity index (χ3v) is 3.47. The second-order valence-corrected chi connectivity index (χ2v) is 4.76. The summed E-state index contributed by atoms with van der Waals surface area (Å²) >= 11 is 0. The summed E-state index contributed by atoms with van der Waals surface area (Å²) < 4.78 is 5.26. The van der Waals surface area contributed by atoms with E-state index in [9.17, 15) is 4.79 Å². The Morgan fingerprint density at radius 3 is 2.65 bits per heavy atom. The number of carbonyl (C=O) groups excluding carboxylic acids is 1. The van der Waals surface area contributed by atoms with Crippen LogP contribution in [0.2, 0.25) is 0 Å². The Balaban J connectivity index is 2.62. The predicted molar refractivity (Wildman–Crippen MR) is 68.6 cm³/mol. The number of carbonyl (C=O) groups is 1. The number of nitrogens with zero attached hydrogens (tertiary/aromatic N) is 1. The molecule has 0 unspecified atom stereocenters. The first-order valence-corrected chi connectivity index (χ1v) is 5.60. The average molecular weight is 231 g/mol. The topological polar surface area (TPSA) is 29.5 Å². The number of ether oxygens (including phenoxy) is 1. The molecule has 0 atom stereocenters. The second kappa shape index (κ2) is 3.91. The van der Waals surface area contributed by atoms with Gasteiger partial charge in [0.25, 0.3) is 0 Å². The number of hydrogen-bond acceptors (Lipinski definition) is 3. The van der Waals surface area contributed by atoms with Gasteiger partial charge < -0.3 is 9.64 Å². The SMILES string of the molecule is COc1ccc2c(c1)C(C)(C)/C(=C/C=O)N2C. The molecule has 3 heteroatoms. The van der Waals surface area contributed by atoms with Gasteiger partial charge in [0, 0.05) is 23.8 Å². The van der Waals surface area contributed by atoms with Gasteiger partial charge in [0.2, 0.25) is 0 Å². The van der Waals surface area contributed by atoms with Gasteiger partial charge in [-0.1, -0.05) is 13.8 Å². The molecule has 0 radical (unpaired) electrons. The van der Waals surface area contributed by atoms with Crippen molar-refractivity contribution in [2.24, 2.45) is 0 Å². The van der Waals surface area contributed by atoms with Crippen LogP contribution in [0.15, 0.2) is 30.0 Å². The lowest BCUT2D eigenvalue weighted by atomic mass is 9.84. The van der Waals surface area contributed by atoms with Gasteiger partial charge in [-0.3, -0.25) is 4.79 Å². The zero-order valence-corrected chi connectivity index (χ0v) is 10.7. The molecule has 1 aliphatic rings. The Bertz CT molecular complexity index is 489. The number of fused-ring (bicyclic) bond motifs is 1. The normalized spacial score (nSPS) is 19.3. The van der Waals surface area contributed by atoms with Gasteiger partial charge >= 0.3 is 0 Å². The molecule has 1 heterocycles. The molecule has 1 aromatic carbocycles. The van der Waals surface area contributed by atoms with Crippen LogP contribution < -0.4 is 9.64 Å². The van der Waals surface area contributed by atoms with Gasteiger partial charge in [-0.15, -0.1) is 0 Å². The molecule has 3 nitrogen and oxygen atoms in total. The lowest BCUT2D eigenvalue weighted by Crippen LogP contribution is -2.23. The number of allylic oxidation sites excluding steroid dienone is 2. The Morgan fingerprint density at radius 2 is 2.06 bits per heavy atom. The number of hydrogen-bond donors (Lipinski definition) is 0. The Hall–Kier alpha value is -1.77. The highest BCUT2D eigenvalue weighted by Crippen LogP contribution is 2.47. The quantitative estimate of drug-likeness (QED) is 0.578. The summed E-state index contributed by atoms with van der Waals surface area (Å²) in [5.74, 6) is 0.845. The number of benzene rings is 1. The zero-order chi connectivity index (χ0) is 12.6. The third-order valence-electron chi connectivity index (χ3n) is 3.47. The largest absolute Gasteiger partial charge is 0.497 e. The summed E-state index contributed by atoms with van der Waals surface area (Å²) in [4.78, 5) is 12.8. The second-order valence-electron chi connectivity index (χ2n) is 4.76. The maximum absolute atomic E-state index is 10.7. The van der Waals surface area contributed by atoms with Crippen LogP contribution in [0.1, 0.15) is 19.4 Å². The molecule has 1 aliphatic heterocycles. The fraction of sp³-hybridized carbons (Fsp3) is 0.357. The molecule has 17 heavy (non-hydrogen) atoms. The lowest BCUT2D eigenvalue weighted by Gasteiger charge is -2.23. The van der Waals surface area contributed by atoms with E-state index in [-0.39, 0.29) is 5.41 Å². The maximum Gasteiger partial charge on any atom is 0.144 e. The standard InChI is InChI=1S/C14H17NO2/c1-14(2)11-9-10(17-4)5-6-12(11)15(3)13(14)7-8-16/h5-9H,1-4H3/b13-7-. The fourth-order valence-corrected chi connectivity index (χ4v) is 2.51. The number of likely N-dealkylation sites (N-methyl/N-ethyl adjacent to an activating group) is 1. The molecule has 0 amide bonds. The van der Waals surface area contributed by atoms with Crippen molar-refractivity contribution in [3.8, 4) is 5.75 Å². The highest BCUT2D eigenvalue weighted by molar-refractivity contribution is 5.77. The van der Waals surface area contributed by atoms with Crippen LogP contribution in [0.25, 0.3) is 0 Å². The minimum atomic E-state index is -0.167. The zero-order valence-electron chi connectivity index (χ0n) is 10.7. The maximum atomic E-state index is 10.7. The van der Waals surface area contributed by atoms with Gasteiger partial charge in [-0.05, 0) is 29.8 Å². The van der Waals surface area contributed by atoms with E-state index in [4.69, 9.17) is 4.74 Å². The van der Waals surface area contributed by atoms with Crippen molar-refractivity contribution in [1.29, 1.82) is 0 Å². The van der Waals surface area contributed by atoms with Crippen molar-refractivity contribution in [2.75, 3.05) is 19.1 Å². The molecule has 0 saturated carbocycles. The van der Waals surface area contributed by atoms with Crippen LogP contribution in [0.4, 0.5) is 5.69 Å². The first-order chi connectivity index (χ1) is 8.02. The molecular formula is C14H17NO2. The van der Waals surface area contributed by atoms with Gasteiger partial charge in [-0.2, -0.15) is 0 Å². The van der Waals surface area contributed by atoms with Crippen molar-refractivity contribution in [1.82, 2.24) is 0 Å². The molecule has 1 aromatic rings. The minimum absolute atomic E-state index is 0.167. The molecule has 0 fully saturated rings. The smallest absolute Gasteiger partial charge is 0.144 e. The number of rotatable bonds is 2. The van der Waals surface area contributed by atoms with Crippen molar-refractivity contribution in [3.63, 3.8) is 0 Å². The number of methoxy groups -OCH3 is 1. The summed E-state index contributed by atoms with van der Waals surface area (Å²) in [7, 11) is 3.64. The number of aldehydes is 1. The van der Waals surface area contributed by atoms with Crippen molar-refractivity contribution in [2.45, 2.75) is 19.3 Å². The first-order valence-electron chi connectivity index (χ1n) is 5.60. The van der Waals surface area contributed by atoms with E-state index >= 15 is 0 Å². The summed E-state index contributed by atoms with van der Waals surface area (Å²) in [6.45, 7) is 4.23. The van der Waals surface area contributed by atoms with Crippen LogP contribution in [0.5, 0.6) is 5.75 Å². The van der Waals surface area contributed by atoms with Crippen LogP contribution in [0.3, 0.4) is 0 Å². The molecule has 0 saturated heterocycles.